The molecular weight excluding hydrogens is 537 g/mol. The molecule has 0 aliphatic heterocycles. The summed E-state index contributed by atoms with van der Waals surface area (Å²) in [5, 5.41) is 18.9. The van der Waals surface area contributed by atoms with Gasteiger partial charge in [0.15, 0.2) is 0 Å². The molecule has 16 heteroatoms. The Balaban J connectivity index is 0. The molecule has 0 bridgehead atoms. The lowest BCUT2D eigenvalue weighted by molar-refractivity contribution is -0.145. The molecule has 0 aromatic rings. The van der Waals surface area contributed by atoms with Gasteiger partial charge >= 0.3 is 24.0 Å². The Morgan fingerprint density at radius 3 is 1.77 bits per heavy atom. The summed E-state index contributed by atoms with van der Waals surface area (Å²) in [5.74, 6) is -2.76. The van der Waals surface area contributed by atoms with E-state index in [1.54, 1.807) is 0 Å². The van der Waals surface area contributed by atoms with Crippen molar-refractivity contribution in [1.29, 1.82) is 0 Å². The van der Waals surface area contributed by atoms with Crippen LogP contribution in [0.1, 0.15) is 25.7 Å². The Morgan fingerprint density at radius 1 is 0.867 bits per heavy atom. The summed E-state index contributed by atoms with van der Waals surface area (Å²) in [6.45, 7) is -0.579. The molecule has 0 aliphatic rings. The van der Waals surface area contributed by atoms with E-state index in [1.807, 2.05) is 0 Å². The number of alkyl halides is 6. The fraction of sp³-hybridized carbons (Fsp3) is 0.714. The summed E-state index contributed by atoms with van der Waals surface area (Å²) in [4.78, 5) is 42.2. The summed E-state index contributed by atoms with van der Waals surface area (Å²) >= 11 is 32.0. The van der Waals surface area contributed by atoms with Crippen molar-refractivity contribution in [3.05, 3.63) is 0 Å². The average molecular weight is 557 g/mol. The molecule has 1 atom stereocenters. The van der Waals surface area contributed by atoms with E-state index in [9.17, 15) is 19.2 Å². The molecule has 0 fully saturated rings. The first kappa shape index (κ1) is 31.6. The smallest absolute Gasteiger partial charge is 0.407 e. The fourth-order valence-corrected chi connectivity index (χ4v) is 1.61. The number of carboxylic acids is 2. The van der Waals surface area contributed by atoms with Crippen LogP contribution in [0, 0.1) is 0 Å². The van der Waals surface area contributed by atoms with Crippen LogP contribution in [0.5, 0.6) is 0 Å². The van der Waals surface area contributed by atoms with Gasteiger partial charge in [0.25, 0.3) is 0 Å². The largest absolute Gasteiger partial charge is 0.481 e. The fourth-order valence-electron chi connectivity index (χ4n) is 1.29. The Hall–Kier alpha value is -0.620. The van der Waals surface area contributed by atoms with Crippen LogP contribution < -0.4 is 11.1 Å². The van der Waals surface area contributed by atoms with Gasteiger partial charge in [0, 0.05) is 19.4 Å². The molecule has 30 heavy (non-hydrogen) atoms. The van der Waals surface area contributed by atoms with Gasteiger partial charge < -0.3 is 30.7 Å². The second-order valence-electron chi connectivity index (χ2n) is 5.38. The van der Waals surface area contributed by atoms with Crippen molar-refractivity contribution >= 4 is 93.6 Å². The molecule has 0 spiro atoms. The Morgan fingerprint density at radius 2 is 1.33 bits per heavy atom. The highest BCUT2D eigenvalue weighted by atomic mass is 35.6. The van der Waals surface area contributed by atoms with E-state index < -0.39 is 44.2 Å². The predicted octanol–water partition coefficient (Wildman–Crippen LogP) is 3.04. The highest BCUT2D eigenvalue weighted by Crippen LogP contribution is 2.26. The average Bonchev–Trinajstić information content (AvgIpc) is 2.58. The number of nitrogens with two attached hydrogens (primary N) is 1. The van der Waals surface area contributed by atoms with Gasteiger partial charge in [-0.05, 0) is 12.8 Å². The third kappa shape index (κ3) is 25.4. The molecule has 1 amide bonds. The SMILES string of the molecule is NC(CCC(=O)O)C(=O)OCC(Cl)(Cl)Cl.O=C(O)CCCNC(=O)OCC(Cl)(Cl)Cl. The maximum absolute atomic E-state index is 11.1. The zero-order chi connectivity index (χ0) is 24.0. The van der Waals surface area contributed by atoms with E-state index >= 15 is 0 Å². The second-order valence-corrected chi connectivity index (χ2v) is 10.4. The molecule has 0 rings (SSSR count). The quantitative estimate of drug-likeness (QED) is 0.180. The van der Waals surface area contributed by atoms with Crippen molar-refractivity contribution < 1.29 is 38.9 Å². The number of carboxylic acid groups (broad SMARTS) is 2. The van der Waals surface area contributed by atoms with Gasteiger partial charge in [-0.2, -0.15) is 0 Å². The van der Waals surface area contributed by atoms with E-state index in [0.717, 1.165) is 0 Å². The van der Waals surface area contributed by atoms with Crippen LogP contribution in [0.3, 0.4) is 0 Å². The lowest BCUT2D eigenvalue weighted by Gasteiger charge is -2.14. The topological polar surface area (TPSA) is 165 Å². The summed E-state index contributed by atoms with van der Waals surface area (Å²) < 4.78 is 5.74. The van der Waals surface area contributed by atoms with Crippen LogP contribution in [0.25, 0.3) is 0 Å². The number of alkyl carbamates (subject to hydrolysis) is 1. The Kier molecular flexibility index (Phi) is 16.9. The molecule has 0 aliphatic carbocycles. The van der Waals surface area contributed by atoms with Gasteiger partial charge in [-0.25, -0.2) is 4.79 Å². The first-order valence-electron chi connectivity index (χ1n) is 7.93. The van der Waals surface area contributed by atoms with Crippen molar-refractivity contribution in [2.45, 2.75) is 39.3 Å². The van der Waals surface area contributed by atoms with E-state index in [-0.39, 0.29) is 32.4 Å². The molecule has 1 unspecified atom stereocenters. The molecule has 0 saturated heterocycles. The Bertz CT molecular complexity index is 568. The molecule has 0 saturated carbocycles. The predicted molar refractivity (Wildman–Crippen MR) is 113 cm³/mol. The molecule has 0 radical (unpaired) electrons. The number of aliphatic carboxylic acids is 2. The highest BCUT2D eigenvalue weighted by Gasteiger charge is 2.24. The van der Waals surface area contributed by atoms with Crippen molar-refractivity contribution in [2.75, 3.05) is 19.8 Å². The first-order chi connectivity index (χ1) is 13.5. The number of amides is 1. The molecule has 0 aromatic heterocycles. The van der Waals surface area contributed by atoms with Crippen molar-refractivity contribution in [3.8, 4) is 0 Å². The van der Waals surface area contributed by atoms with Crippen LogP contribution in [0.15, 0.2) is 0 Å². The molecule has 176 valence electrons. The minimum Gasteiger partial charge on any atom is -0.481 e. The number of carbonyl (C=O) groups excluding carboxylic acids is 2. The Labute approximate surface area is 202 Å². The van der Waals surface area contributed by atoms with Crippen LogP contribution in [0.2, 0.25) is 0 Å². The number of ether oxygens (including phenoxy) is 2. The molecule has 0 aromatic carbocycles. The summed E-state index contributed by atoms with van der Waals surface area (Å²) in [6, 6.07) is -1.02. The standard InChI is InChI=1S/2C7H10Cl3NO4/c8-7(9,10)3-15-6(14)4(11)1-2-5(12)13;8-7(9,10)4-15-6(14)11-3-1-2-5(12)13/h4H,1-3,11H2,(H,12,13);1-4H2,(H,11,14)(H,12,13). The van der Waals surface area contributed by atoms with E-state index in [2.05, 4.69) is 14.8 Å². The summed E-state index contributed by atoms with van der Waals surface area (Å²) in [5.41, 5.74) is 5.33. The van der Waals surface area contributed by atoms with Crippen molar-refractivity contribution in [3.63, 3.8) is 0 Å². The van der Waals surface area contributed by atoms with Gasteiger partial charge in [0.05, 0.1) is 0 Å². The first-order valence-corrected chi connectivity index (χ1v) is 10.2. The zero-order valence-electron chi connectivity index (χ0n) is 15.2. The number of halogens is 6. The summed E-state index contributed by atoms with van der Waals surface area (Å²) in [6.07, 6.45) is -0.687. The number of esters is 1. The molecule has 5 N–H and O–H groups in total. The minimum atomic E-state index is -1.69. The molecular formula is C14H20Cl6N2O8. The van der Waals surface area contributed by atoms with Gasteiger partial charge in [0.2, 0.25) is 7.59 Å². The van der Waals surface area contributed by atoms with Crippen LogP contribution in [-0.2, 0) is 23.9 Å². The van der Waals surface area contributed by atoms with Crippen LogP contribution in [0.4, 0.5) is 4.79 Å². The van der Waals surface area contributed by atoms with Crippen LogP contribution >= 0.6 is 69.6 Å². The highest BCUT2D eigenvalue weighted by molar-refractivity contribution is 6.68. The normalized spacial score (nSPS) is 12.1. The van der Waals surface area contributed by atoms with E-state index in [1.165, 1.54) is 0 Å². The number of rotatable bonds is 10. The maximum Gasteiger partial charge on any atom is 0.407 e. The monoisotopic (exact) mass is 554 g/mol. The van der Waals surface area contributed by atoms with Crippen molar-refractivity contribution in [1.82, 2.24) is 5.32 Å². The molecule has 10 nitrogen and oxygen atoms in total. The lowest BCUT2D eigenvalue weighted by Crippen LogP contribution is -2.34. The number of hydrogen-bond donors (Lipinski definition) is 4. The van der Waals surface area contributed by atoms with Gasteiger partial charge in [-0.1, -0.05) is 69.6 Å². The third-order valence-electron chi connectivity index (χ3n) is 2.55. The van der Waals surface area contributed by atoms with Crippen molar-refractivity contribution in [2.24, 2.45) is 5.73 Å². The van der Waals surface area contributed by atoms with Gasteiger partial charge in [-0.3, -0.25) is 14.4 Å². The molecule has 0 heterocycles. The third-order valence-corrected chi connectivity index (χ3v) is 3.21. The van der Waals surface area contributed by atoms with E-state index in [0.29, 0.717) is 6.42 Å². The lowest BCUT2D eigenvalue weighted by atomic mass is 10.2. The van der Waals surface area contributed by atoms with Gasteiger partial charge in [-0.15, -0.1) is 0 Å². The van der Waals surface area contributed by atoms with Crippen LogP contribution in [-0.4, -0.2) is 67.6 Å². The number of nitrogens with one attached hydrogen (secondary N) is 1. The number of carbonyl (C=O) groups is 4. The summed E-state index contributed by atoms with van der Waals surface area (Å²) in [7, 11) is 0. The van der Waals surface area contributed by atoms with E-state index in [4.69, 9.17) is 85.6 Å². The second kappa shape index (κ2) is 16.1. The number of hydrogen-bond acceptors (Lipinski definition) is 7. The zero-order valence-corrected chi connectivity index (χ0v) is 19.8. The van der Waals surface area contributed by atoms with Gasteiger partial charge in [0.1, 0.15) is 19.3 Å². The minimum absolute atomic E-state index is 0.0198. The maximum atomic E-state index is 11.1.